The van der Waals surface area contributed by atoms with Crippen LogP contribution in [-0.4, -0.2) is 16.9 Å². The van der Waals surface area contributed by atoms with Crippen LogP contribution >= 0.6 is 0 Å². The van der Waals surface area contributed by atoms with Crippen LogP contribution in [0.25, 0.3) is 0 Å². The number of hydrogen-bond acceptors (Lipinski definition) is 4. The van der Waals surface area contributed by atoms with E-state index in [2.05, 4.69) is 4.98 Å². The third-order valence-electron chi connectivity index (χ3n) is 2.74. The summed E-state index contributed by atoms with van der Waals surface area (Å²) >= 11 is 0. The number of ether oxygens (including phenoxy) is 1. The highest BCUT2D eigenvalue weighted by molar-refractivity contribution is 5.94. The summed E-state index contributed by atoms with van der Waals surface area (Å²) in [7, 11) is 0. The van der Waals surface area contributed by atoms with Crippen LogP contribution < -0.4 is 5.73 Å². The highest BCUT2D eigenvalue weighted by Gasteiger charge is 2.10. The Labute approximate surface area is 116 Å². The molecular formula is C15H14N2O3. The first-order chi connectivity index (χ1) is 9.66. The molecule has 2 N–H and O–H groups in total. The largest absolute Gasteiger partial charge is 0.461 e. The molecule has 0 aliphatic carbocycles. The molecule has 1 heterocycles. The number of primary amides is 1. The molecule has 0 aliphatic heterocycles. The van der Waals surface area contributed by atoms with E-state index in [1.165, 1.54) is 0 Å². The first kappa shape index (κ1) is 13.7. The van der Waals surface area contributed by atoms with Crippen LogP contribution in [0.15, 0.2) is 48.8 Å². The van der Waals surface area contributed by atoms with E-state index in [-0.39, 0.29) is 19.0 Å². The third kappa shape index (κ3) is 3.65. The van der Waals surface area contributed by atoms with Crippen molar-refractivity contribution in [3.63, 3.8) is 0 Å². The monoisotopic (exact) mass is 270 g/mol. The summed E-state index contributed by atoms with van der Waals surface area (Å²) in [5, 5.41) is 0. The molecule has 0 bridgehead atoms. The molecule has 1 aromatic carbocycles. The molecule has 0 atom stereocenters. The number of amides is 1. The maximum atomic E-state index is 11.7. The molecule has 0 saturated carbocycles. The van der Waals surface area contributed by atoms with Gasteiger partial charge < -0.3 is 10.5 Å². The molecule has 0 spiro atoms. The normalized spacial score (nSPS) is 10.0. The van der Waals surface area contributed by atoms with E-state index < -0.39 is 5.91 Å². The SMILES string of the molecule is NC(=O)c1ccccc1COC(=O)Cc1cccnc1. The van der Waals surface area contributed by atoms with Crippen LogP contribution in [0, 0.1) is 0 Å². The molecule has 0 unspecified atom stereocenters. The molecule has 1 amide bonds. The second-order valence-corrected chi connectivity index (χ2v) is 4.22. The van der Waals surface area contributed by atoms with Crippen molar-refractivity contribution in [1.29, 1.82) is 0 Å². The molecule has 0 aliphatic rings. The first-order valence-corrected chi connectivity index (χ1v) is 6.09. The Balaban J connectivity index is 1.96. The molecule has 5 heteroatoms. The van der Waals surface area contributed by atoms with Crippen molar-refractivity contribution in [2.24, 2.45) is 5.73 Å². The smallest absolute Gasteiger partial charge is 0.310 e. The lowest BCUT2D eigenvalue weighted by atomic mass is 10.1. The zero-order chi connectivity index (χ0) is 14.4. The van der Waals surface area contributed by atoms with Crippen molar-refractivity contribution >= 4 is 11.9 Å². The quantitative estimate of drug-likeness (QED) is 0.834. The summed E-state index contributed by atoms with van der Waals surface area (Å²) in [6.45, 7) is 0.0260. The minimum absolute atomic E-state index is 0.0260. The molecule has 0 radical (unpaired) electrons. The Morgan fingerprint density at radius 2 is 1.95 bits per heavy atom. The van der Waals surface area contributed by atoms with Crippen LogP contribution in [0.3, 0.4) is 0 Å². The number of carbonyl (C=O) groups is 2. The Kier molecular flexibility index (Phi) is 4.44. The van der Waals surface area contributed by atoms with Crippen molar-refractivity contribution < 1.29 is 14.3 Å². The fraction of sp³-hybridized carbons (Fsp3) is 0.133. The van der Waals surface area contributed by atoms with Gasteiger partial charge in [-0.1, -0.05) is 24.3 Å². The number of nitrogens with zero attached hydrogens (tertiary/aromatic N) is 1. The minimum atomic E-state index is -0.538. The van der Waals surface area contributed by atoms with E-state index >= 15 is 0 Å². The van der Waals surface area contributed by atoms with E-state index in [4.69, 9.17) is 10.5 Å². The van der Waals surface area contributed by atoms with Gasteiger partial charge in [-0.05, 0) is 17.7 Å². The van der Waals surface area contributed by atoms with Crippen molar-refractivity contribution in [3.8, 4) is 0 Å². The Bertz CT molecular complexity index is 612. The average molecular weight is 270 g/mol. The number of carbonyl (C=O) groups excluding carboxylic acids is 2. The lowest BCUT2D eigenvalue weighted by molar-refractivity contribution is -0.144. The van der Waals surface area contributed by atoms with Crippen molar-refractivity contribution in [2.75, 3.05) is 0 Å². The van der Waals surface area contributed by atoms with Crippen molar-refractivity contribution in [1.82, 2.24) is 4.98 Å². The maximum Gasteiger partial charge on any atom is 0.310 e. The molecule has 2 aromatic rings. The predicted octanol–water partition coefficient (Wildman–Crippen LogP) is 1.47. The fourth-order valence-corrected chi connectivity index (χ4v) is 1.77. The topological polar surface area (TPSA) is 82.3 Å². The van der Waals surface area contributed by atoms with Gasteiger partial charge >= 0.3 is 5.97 Å². The summed E-state index contributed by atoms with van der Waals surface area (Å²) < 4.78 is 5.15. The van der Waals surface area contributed by atoms with Crippen molar-refractivity contribution in [2.45, 2.75) is 13.0 Å². The van der Waals surface area contributed by atoms with Crippen LogP contribution in [0.1, 0.15) is 21.5 Å². The van der Waals surface area contributed by atoms with Crippen LogP contribution in [0.2, 0.25) is 0 Å². The summed E-state index contributed by atoms with van der Waals surface area (Å²) in [4.78, 5) is 26.9. The van der Waals surface area contributed by atoms with E-state index in [0.717, 1.165) is 5.56 Å². The van der Waals surface area contributed by atoms with E-state index in [0.29, 0.717) is 11.1 Å². The molecule has 102 valence electrons. The molecule has 1 aromatic heterocycles. The van der Waals surface area contributed by atoms with E-state index in [9.17, 15) is 9.59 Å². The standard InChI is InChI=1S/C15H14N2O3/c16-15(19)13-6-2-1-5-12(13)10-20-14(18)8-11-4-3-7-17-9-11/h1-7,9H,8,10H2,(H2,16,19). The van der Waals surface area contributed by atoms with Crippen LogP contribution in [-0.2, 0) is 22.6 Å². The maximum absolute atomic E-state index is 11.7. The second kappa shape index (κ2) is 6.47. The lowest BCUT2D eigenvalue weighted by Crippen LogP contribution is -2.15. The molecule has 2 rings (SSSR count). The second-order valence-electron chi connectivity index (χ2n) is 4.22. The molecular weight excluding hydrogens is 256 g/mol. The zero-order valence-corrected chi connectivity index (χ0v) is 10.8. The van der Waals surface area contributed by atoms with Gasteiger partial charge in [0.2, 0.25) is 5.91 Å². The van der Waals surface area contributed by atoms with Crippen molar-refractivity contribution in [3.05, 3.63) is 65.5 Å². The molecule has 5 nitrogen and oxygen atoms in total. The summed E-state index contributed by atoms with van der Waals surface area (Å²) in [5.41, 5.74) is 6.99. The molecule has 0 fully saturated rings. The van der Waals surface area contributed by atoms with Gasteiger partial charge in [0.05, 0.1) is 6.42 Å². The number of pyridine rings is 1. The van der Waals surface area contributed by atoms with Gasteiger partial charge in [0.1, 0.15) is 6.61 Å². The number of aromatic nitrogens is 1. The highest BCUT2D eigenvalue weighted by Crippen LogP contribution is 2.10. The number of nitrogens with two attached hydrogens (primary N) is 1. The van der Waals surface area contributed by atoms with Crippen LogP contribution in [0.5, 0.6) is 0 Å². The van der Waals surface area contributed by atoms with Gasteiger partial charge in [0.25, 0.3) is 0 Å². The minimum Gasteiger partial charge on any atom is -0.461 e. The Morgan fingerprint density at radius 3 is 2.65 bits per heavy atom. The first-order valence-electron chi connectivity index (χ1n) is 6.09. The zero-order valence-electron chi connectivity index (χ0n) is 10.8. The van der Waals surface area contributed by atoms with Gasteiger partial charge in [-0.25, -0.2) is 0 Å². The average Bonchev–Trinajstić information content (AvgIpc) is 2.46. The van der Waals surface area contributed by atoms with Gasteiger partial charge in [0, 0.05) is 23.5 Å². The number of rotatable bonds is 5. The third-order valence-corrected chi connectivity index (χ3v) is 2.74. The fourth-order valence-electron chi connectivity index (χ4n) is 1.77. The van der Waals surface area contributed by atoms with Gasteiger partial charge in [-0.3, -0.25) is 14.6 Å². The number of benzene rings is 1. The van der Waals surface area contributed by atoms with E-state index in [1.54, 1.807) is 48.8 Å². The number of hydrogen-bond donors (Lipinski definition) is 1. The van der Waals surface area contributed by atoms with Gasteiger partial charge in [0.15, 0.2) is 0 Å². The number of esters is 1. The summed E-state index contributed by atoms with van der Waals surface area (Å²) in [6.07, 6.45) is 3.39. The molecule has 0 saturated heterocycles. The summed E-state index contributed by atoms with van der Waals surface area (Å²) in [5.74, 6) is -0.916. The highest BCUT2D eigenvalue weighted by atomic mass is 16.5. The molecule has 20 heavy (non-hydrogen) atoms. The predicted molar refractivity (Wildman–Crippen MR) is 72.7 cm³/mol. The van der Waals surface area contributed by atoms with E-state index in [1.807, 2.05) is 0 Å². The summed E-state index contributed by atoms with van der Waals surface area (Å²) in [6, 6.07) is 10.3. The van der Waals surface area contributed by atoms with Gasteiger partial charge in [-0.2, -0.15) is 0 Å². The van der Waals surface area contributed by atoms with Gasteiger partial charge in [-0.15, -0.1) is 0 Å². The van der Waals surface area contributed by atoms with Crippen LogP contribution in [0.4, 0.5) is 0 Å². The Hall–Kier alpha value is -2.69. The lowest BCUT2D eigenvalue weighted by Gasteiger charge is -2.08. The Morgan fingerprint density at radius 1 is 1.15 bits per heavy atom.